The molecule has 0 spiro atoms. The van der Waals surface area contributed by atoms with Gasteiger partial charge in [-0.15, -0.1) is 0 Å². The average Bonchev–Trinajstić information content (AvgIpc) is 2.52. The predicted molar refractivity (Wildman–Crippen MR) is 91.7 cm³/mol. The summed E-state index contributed by atoms with van der Waals surface area (Å²) in [5.41, 5.74) is 1.07. The molecule has 3 rings (SSSR count). The molecule has 0 heterocycles. The standard InChI is InChI=1S/C17H14O4S.Na.H/c18-22(19,20)17-9-7-14-10-16(8-6-15(14)11-17)21-12-13-4-2-1-3-5-13;;/h1-11H,12H2,(H,18,19,20);;. The van der Waals surface area contributed by atoms with Gasteiger partial charge in [-0.2, -0.15) is 8.42 Å². The third-order valence-electron chi connectivity index (χ3n) is 3.33. The summed E-state index contributed by atoms with van der Waals surface area (Å²) >= 11 is 0. The molecule has 0 aliphatic rings. The number of rotatable bonds is 4. The van der Waals surface area contributed by atoms with Crippen molar-refractivity contribution in [2.24, 2.45) is 0 Å². The molecule has 0 radical (unpaired) electrons. The summed E-state index contributed by atoms with van der Waals surface area (Å²) in [6.45, 7) is 0.468. The predicted octanol–water partition coefficient (Wildman–Crippen LogP) is 3.02. The van der Waals surface area contributed by atoms with E-state index >= 15 is 0 Å². The first-order valence-electron chi connectivity index (χ1n) is 6.70. The molecule has 0 bridgehead atoms. The van der Waals surface area contributed by atoms with Gasteiger partial charge in [0.05, 0.1) is 4.90 Å². The van der Waals surface area contributed by atoms with E-state index in [9.17, 15) is 8.42 Å². The van der Waals surface area contributed by atoms with Crippen molar-refractivity contribution in [2.75, 3.05) is 0 Å². The molecule has 0 aromatic heterocycles. The summed E-state index contributed by atoms with van der Waals surface area (Å²) in [5.74, 6) is 0.705. The SMILES string of the molecule is O=S(=O)(O)c1ccc2cc(OCc3ccccc3)ccc2c1.[NaH]. The van der Waals surface area contributed by atoms with Gasteiger partial charge in [0.15, 0.2) is 0 Å². The quantitative estimate of drug-likeness (QED) is 0.587. The molecule has 114 valence electrons. The van der Waals surface area contributed by atoms with Gasteiger partial charge in [-0.3, -0.25) is 4.55 Å². The summed E-state index contributed by atoms with van der Waals surface area (Å²) in [4.78, 5) is -0.113. The normalized spacial score (nSPS) is 11.0. The van der Waals surface area contributed by atoms with Crippen molar-refractivity contribution in [3.63, 3.8) is 0 Å². The zero-order valence-corrected chi connectivity index (χ0v) is 12.5. The summed E-state index contributed by atoms with van der Waals surface area (Å²) in [6.07, 6.45) is 0. The maximum atomic E-state index is 11.1. The number of benzene rings is 3. The van der Waals surface area contributed by atoms with Crippen LogP contribution in [-0.2, 0) is 16.7 Å². The number of ether oxygens (including phenoxy) is 1. The Labute approximate surface area is 157 Å². The van der Waals surface area contributed by atoms with E-state index in [0.29, 0.717) is 12.4 Å². The summed E-state index contributed by atoms with van der Waals surface area (Å²) in [6, 6.07) is 19.7. The van der Waals surface area contributed by atoms with E-state index in [4.69, 9.17) is 9.29 Å². The molecule has 0 saturated heterocycles. The molecular formula is C17H15NaO4S. The average molecular weight is 338 g/mol. The Morgan fingerprint density at radius 1 is 0.870 bits per heavy atom. The second kappa shape index (κ2) is 7.47. The van der Waals surface area contributed by atoms with Gasteiger partial charge in [-0.1, -0.05) is 42.5 Å². The molecule has 0 aliphatic heterocycles. The zero-order chi connectivity index (χ0) is 15.6. The third-order valence-corrected chi connectivity index (χ3v) is 4.18. The van der Waals surface area contributed by atoms with Gasteiger partial charge in [-0.05, 0) is 40.6 Å². The molecule has 6 heteroatoms. The monoisotopic (exact) mass is 338 g/mol. The fraction of sp³-hybridized carbons (Fsp3) is 0.0588. The van der Waals surface area contributed by atoms with Crippen molar-refractivity contribution in [2.45, 2.75) is 11.5 Å². The van der Waals surface area contributed by atoms with Crippen molar-refractivity contribution < 1.29 is 17.7 Å². The van der Waals surface area contributed by atoms with Crippen LogP contribution >= 0.6 is 0 Å². The van der Waals surface area contributed by atoms with E-state index < -0.39 is 10.1 Å². The second-order valence-electron chi connectivity index (χ2n) is 4.92. The Morgan fingerprint density at radius 3 is 2.22 bits per heavy atom. The van der Waals surface area contributed by atoms with Gasteiger partial charge < -0.3 is 4.74 Å². The van der Waals surface area contributed by atoms with Gasteiger partial charge in [0.1, 0.15) is 12.4 Å². The Hall–Kier alpha value is -1.37. The van der Waals surface area contributed by atoms with E-state index in [1.54, 1.807) is 18.2 Å². The van der Waals surface area contributed by atoms with Crippen LogP contribution in [0.25, 0.3) is 10.8 Å². The summed E-state index contributed by atoms with van der Waals surface area (Å²) < 4.78 is 37.1. The Bertz CT molecular complexity index is 908. The van der Waals surface area contributed by atoms with Crippen LogP contribution in [0.4, 0.5) is 0 Å². The Balaban J connectivity index is 0.00000192. The minimum absolute atomic E-state index is 0. The van der Waals surface area contributed by atoms with Crippen LogP contribution in [0.1, 0.15) is 5.56 Å². The van der Waals surface area contributed by atoms with E-state index in [1.165, 1.54) is 12.1 Å². The molecule has 4 nitrogen and oxygen atoms in total. The zero-order valence-electron chi connectivity index (χ0n) is 11.6. The molecule has 0 fully saturated rings. The fourth-order valence-corrected chi connectivity index (χ4v) is 2.71. The van der Waals surface area contributed by atoms with Crippen LogP contribution < -0.4 is 4.74 Å². The third kappa shape index (κ3) is 4.56. The van der Waals surface area contributed by atoms with Crippen molar-refractivity contribution >= 4 is 50.4 Å². The molecule has 0 amide bonds. The van der Waals surface area contributed by atoms with Crippen molar-refractivity contribution in [3.8, 4) is 5.75 Å². The molecular weight excluding hydrogens is 323 g/mol. The van der Waals surface area contributed by atoms with Crippen molar-refractivity contribution in [3.05, 3.63) is 72.3 Å². The van der Waals surface area contributed by atoms with Crippen molar-refractivity contribution in [1.29, 1.82) is 0 Å². The van der Waals surface area contributed by atoms with Crippen molar-refractivity contribution in [1.82, 2.24) is 0 Å². The minimum atomic E-state index is -4.18. The fourth-order valence-electron chi connectivity index (χ4n) is 2.19. The van der Waals surface area contributed by atoms with E-state index in [0.717, 1.165) is 16.3 Å². The first-order valence-corrected chi connectivity index (χ1v) is 8.14. The molecule has 1 N–H and O–H groups in total. The van der Waals surface area contributed by atoms with E-state index in [2.05, 4.69) is 0 Å². The van der Waals surface area contributed by atoms with Gasteiger partial charge in [0.2, 0.25) is 0 Å². The van der Waals surface area contributed by atoms with Crippen LogP contribution in [0.5, 0.6) is 5.75 Å². The van der Waals surface area contributed by atoms with Gasteiger partial charge in [0, 0.05) is 0 Å². The number of hydrogen-bond acceptors (Lipinski definition) is 3. The number of hydrogen-bond donors (Lipinski definition) is 1. The maximum absolute atomic E-state index is 11.1. The first kappa shape index (κ1) is 18.0. The van der Waals surface area contributed by atoms with Gasteiger partial charge in [0.25, 0.3) is 10.1 Å². The van der Waals surface area contributed by atoms with Crippen LogP contribution in [0.3, 0.4) is 0 Å². The molecule has 0 unspecified atom stereocenters. The van der Waals surface area contributed by atoms with E-state index in [-0.39, 0.29) is 34.5 Å². The Kier molecular flexibility index (Phi) is 5.84. The van der Waals surface area contributed by atoms with E-state index in [1.807, 2.05) is 36.4 Å². The second-order valence-corrected chi connectivity index (χ2v) is 6.34. The topological polar surface area (TPSA) is 63.6 Å². The van der Waals surface area contributed by atoms with Crippen LogP contribution in [0.2, 0.25) is 0 Å². The Morgan fingerprint density at radius 2 is 1.52 bits per heavy atom. The van der Waals surface area contributed by atoms with Gasteiger partial charge in [-0.25, -0.2) is 0 Å². The first-order chi connectivity index (χ1) is 10.5. The van der Waals surface area contributed by atoms with Crippen LogP contribution in [0, 0.1) is 0 Å². The molecule has 3 aromatic carbocycles. The number of fused-ring (bicyclic) bond motifs is 1. The molecule has 3 aromatic rings. The van der Waals surface area contributed by atoms with Crippen LogP contribution in [0.15, 0.2) is 71.6 Å². The summed E-state index contributed by atoms with van der Waals surface area (Å²) in [5, 5.41) is 1.57. The summed E-state index contributed by atoms with van der Waals surface area (Å²) in [7, 11) is -4.18. The van der Waals surface area contributed by atoms with Gasteiger partial charge >= 0.3 is 29.6 Å². The molecule has 0 saturated carbocycles. The molecule has 0 aliphatic carbocycles. The molecule has 23 heavy (non-hydrogen) atoms. The molecule has 0 atom stereocenters. The van der Waals surface area contributed by atoms with Crippen LogP contribution in [-0.4, -0.2) is 42.5 Å².